The molecule has 1 N–H and O–H groups in total. The Bertz CT molecular complexity index is 221. The maximum Gasteiger partial charge on any atom is 0.0304 e. The molecule has 0 aliphatic carbocycles. The minimum absolute atomic E-state index is 0.376. The summed E-state index contributed by atoms with van der Waals surface area (Å²) < 4.78 is 0. The molecule has 0 aromatic rings. The number of hydrogen-bond acceptors (Lipinski definition) is 2. The fraction of sp³-hybridized carbons (Fsp3) is 1.00. The Morgan fingerprint density at radius 1 is 1.22 bits per heavy atom. The lowest BCUT2D eigenvalue weighted by Crippen LogP contribution is -2.64. The van der Waals surface area contributed by atoms with Gasteiger partial charge in [-0.05, 0) is 38.1 Å². The van der Waals surface area contributed by atoms with E-state index in [2.05, 4.69) is 44.8 Å². The molecule has 0 aromatic carbocycles. The van der Waals surface area contributed by atoms with E-state index in [0.717, 1.165) is 12.0 Å². The smallest absolute Gasteiger partial charge is 0.0304 e. The highest BCUT2D eigenvalue weighted by atomic mass is 15.2. The molecule has 1 aliphatic rings. The minimum Gasteiger partial charge on any atom is -0.308 e. The van der Waals surface area contributed by atoms with Crippen LogP contribution < -0.4 is 5.32 Å². The summed E-state index contributed by atoms with van der Waals surface area (Å²) in [6.07, 6.45) is 6.49. The van der Waals surface area contributed by atoms with Crippen LogP contribution in [0.3, 0.4) is 0 Å². The summed E-state index contributed by atoms with van der Waals surface area (Å²) in [7, 11) is 0. The first-order valence-electron chi connectivity index (χ1n) is 8.06. The lowest BCUT2D eigenvalue weighted by atomic mass is 9.87. The van der Waals surface area contributed by atoms with Crippen LogP contribution in [0.1, 0.15) is 66.7 Å². The van der Waals surface area contributed by atoms with E-state index in [9.17, 15) is 0 Å². The molecule has 1 atom stereocenters. The van der Waals surface area contributed by atoms with Crippen molar-refractivity contribution >= 4 is 0 Å². The number of piperazine rings is 1. The van der Waals surface area contributed by atoms with E-state index in [0.29, 0.717) is 5.54 Å². The summed E-state index contributed by atoms with van der Waals surface area (Å²) in [5.41, 5.74) is 0.376. The van der Waals surface area contributed by atoms with Crippen molar-refractivity contribution in [2.75, 3.05) is 19.6 Å². The van der Waals surface area contributed by atoms with E-state index < -0.39 is 0 Å². The summed E-state index contributed by atoms with van der Waals surface area (Å²) in [5, 5.41) is 3.85. The van der Waals surface area contributed by atoms with Crippen molar-refractivity contribution in [2.24, 2.45) is 5.92 Å². The first-order chi connectivity index (χ1) is 8.56. The lowest BCUT2D eigenvalue weighted by Gasteiger charge is -2.48. The predicted octanol–water partition coefficient (Wildman–Crippen LogP) is 3.67. The van der Waals surface area contributed by atoms with Crippen LogP contribution in [-0.4, -0.2) is 36.1 Å². The van der Waals surface area contributed by atoms with Gasteiger partial charge in [0, 0.05) is 24.7 Å². The van der Waals surface area contributed by atoms with Crippen molar-refractivity contribution in [1.29, 1.82) is 0 Å². The van der Waals surface area contributed by atoms with Crippen LogP contribution in [0, 0.1) is 5.92 Å². The number of unbranched alkanes of at least 4 members (excludes halogenated alkanes) is 1. The second kappa shape index (κ2) is 7.49. The predicted molar refractivity (Wildman–Crippen MR) is 81.0 cm³/mol. The highest BCUT2D eigenvalue weighted by Crippen LogP contribution is 2.25. The Morgan fingerprint density at radius 2 is 1.89 bits per heavy atom. The zero-order valence-corrected chi connectivity index (χ0v) is 13.3. The van der Waals surface area contributed by atoms with Crippen molar-refractivity contribution in [2.45, 2.75) is 78.3 Å². The first kappa shape index (κ1) is 16.0. The molecule has 18 heavy (non-hydrogen) atoms. The quantitative estimate of drug-likeness (QED) is 0.746. The zero-order chi connectivity index (χ0) is 13.6. The molecule has 1 rings (SSSR count). The zero-order valence-electron chi connectivity index (χ0n) is 13.3. The number of nitrogens with one attached hydrogen (secondary N) is 1. The Morgan fingerprint density at radius 3 is 2.39 bits per heavy atom. The second-order valence-electron chi connectivity index (χ2n) is 6.48. The van der Waals surface area contributed by atoms with Gasteiger partial charge in [0.05, 0.1) is 0 Å². The normalized spacial score (nSPS) is 24.7. The Balaban J connectivity index is 2.65. The van der Waals surface area contributed by atoms with Gasteiger partial charge in [-0.1, -0.05) is 41.0 Å². The lowest BCUT2D eigenvalue weighted by molar-refractivity contribution is 0.0612. The molecule has 0 saturated carbocycles. The third kappa shape index (κ3) is 4.24. The molecule has 108 valence electrons. The fourth-order valence-corrected chi connectivity index (χ4v) is 3.16. The third-order valence-electron chi connectivity index (χ3n) is 4.63. The topological polar surface area (TPSA) is 15.3 Å². The average Bonchev–Trinajstić information content (AvgIpc) is 2.37. The summed E-state index contributed by atoms with van der Waals surface area (Å²) in [6.45, 7) is 15.4. The SMILES string of the molecule is CCCCN1CC(CC)(CC)NCC1CC(C)C. The number of rotatable bonds is 7. The van der Waals surface area contributed by atoms with E-state index in [4.69, 9.17) is 0 Å². The molecule has 0 bridgehead atoms. The maximum absolute atomic E-state index is 3.85. The molecular formula is C16H34N2. The maximum atomic E-state index is 3.85. The Kier molecular flexibility index (Phi) is 6.65. The molecule has 2 heteroatoms. The van der Waals surface area contributed by atoms with Crippen molar-refractivity contribution < 1.29 is 0 Å². The summed E-state index contributed by atoms with van der Waals surface area (Å²) in [4.78, 5) is 2.77. The first-order valence-corrected chi connectivity index (χ1v) is 8.06. The largest absolute Gasteiger partial charge is 0.308 e. The van der Waals surface area contributed by atoms with Crippen molar-refractivity contribution in [3.8, 4) is 0 Å². The molecule has 1 aliphatic heterocycles. The van der Waals surface area contributed by atoms with Gasteiger partial charge in [0.1, 0.15) is 0 Å². The van der Waals surface area contributed by atoms with Crippen LogP contribution in [0.2, 0.25) is 0 Å². The monoisotopic (exact) mass is 254 g/mol. The van der Waals surface area contributed by atoms with E-state index >= 15 is 0 Å². The summed E-state index contributed by atoms with van der Waals surface area (Å²) in [5.74, 6) is 0.802. The molecule has 0 amide bonds. The van der Waals surface area contributed by atoms with Gasteiger partial charge in [0.25, 0.3) is 0 Å². The molecule has 1 saturated heterocycles. The summed E-state index contributed by atoms with van der Waals surface area (Å²) in [6, 6.07) is 0.753. The van der Waals surface area contributed by atoms with Crippen molar-refractivity contribution in [1.82, 2.24) is 10.2 Å². The van der Waals surface area contributed by atoms with E-state index in [-0.39, 0.29) is 0 Å². The van der Waals surface area contributed by atoms with Gasteiger partial charge < -0.3 is 5.32 Å². The molecule has 1 heterocycles. The average molecular weight is 254 g/mol. The van der Waals surface area contributed by atoms with Crippen molar-refractivity contribution in [3.63, 3.8) is 0 Å². The van der Waals surface area contributed by atoms with Gasteiger partial charge in [-0.25, -0.2) is 0 Å². The third-order valence-corrected chi connectivity index (χ3v) is 4.63. The van der Waals surface area contributed by atoms with E-state index in [1.54, 1.807) is 0 Å². The Labute approximate surface area is 115 Å². The Hall–Kier alpha value is -0.0800. The van der Waals surface area contributed by atoms with Crippen LogP contribution in [0.25, 0.3) is 0 Å². The summed E-state index contributed by atoms with van der Waals surface area (Å²) >= 11 is 0. The van der Waals surface area contributed by atoms with Crippen LogP contribution in [0.5, 0.6) is 0 Å². The highest BCUT2D eigenvalue weighted by molar-refractivity contribution is 4.96. The molecule has 1 fully saturated rings. The van der Waals surface area contributed by atoms with Crippen molar-refractivity contribution in [3.05, 3.63) is 0 Å². The molecular weight excluding hydrogens is 220 g/mol. The molecule has 0 radical (unpaired) electrons. The van der Waals surface area contributed by atoms with Gasteiger partial charge >= 0.3 is 0 Å². The molecule has 0 aromatic heterocycles. The van der Waals surface area contributed by atoms with Gasteiger partial charge in [-0.15, -0.1) is 0 Å². The van der Waals surface area contributed by atoms with Gasteiger partial charge in [0.15, 0.2) is 0 Å². The van der Waals surface area contributed by atoms with Gasteiger partial charge in [-0.3, -0.25) is 4.90 Å². The number of hydrogen-bond donors (Lipinski definition) is 1. The number of nitrogens with zero attached hydrogens (tertiary/aromatic N) is 1. The van der Waals surface area contributed by atoms with Gasteiger partial charge in [0.2, 0.25) is 0 Å². The fourth-order valence-electron chi connectivity index (χ4n) is 3.16. The van der Waals surface area contributed by atoms with Crippen LogP contribution in [0.4, 0.5) is 0 Å². The van der Waals surface area contributed by atoms with Crippen LogP contribution in [-0.2, 0) is 0 Å². The van der Waals surface area contributed by atoms with E-state index in [1.165, 1.54) is 51.7 Å². The van der Waals surface area contributed by atoms with Crippen LogP contribution in [0.15, 0.2) is 0 Å². The van der Waals surface area contributed by atoms with Crippen LogP contribution >= 0.6 is 0 Å². The van der Waals surface area contributed by atoms with E-state index in [1.807, 2.05) is 0 Å². The minimum atomic E-state index is 0.376. The highest BCUT2D eigenvalue weighted by Gasteiger charge is 2.36. The van der Waals surface area contributed by atoms with Gasteiger partial charge in [-0.2, -0.15) is 0 Å². The second-order valence-corrected chi connectivity index (χ2v) is 6.48. The molecule has 0 spiro atoms. The molecule has 2 nitrogen and oxygen atoms in total. The molecule has 1 unspecified atom stereocenters. The standard InChI is InChI=1S/C16H34N2/c1-6-9-10-18-13-16(7-2,8-3)17-12-15(18)11-14(4)5/h14-15,17H,6-13H2,1-5H3.